The highest BCUT2D eigenvalue weighted by Gasteiger charge is 2.30. The molecule has 3 N–H and O–H groups in total. The van der Waals surface area contributed by atoms with Crippen molar-refractivity contribution in [3.05, 3.63) is 194 Å². The van der Waals surface area contributed by atoms with Crippen LogP contribution >= 0.6 is 15.6 Å². The maximum Gasteiger partial charge on any atom is 0.472 e. The molecule has 0 spiro atoms. The molecule has 0 saturated carbocycles. The molecule has 19 heteroatoms. The highest BCUT2D eigenvalue weighted by molar-refractivity contribution is 7.47. The molecular weight excluding hydrogens is 1430 g/mol. The second kappa shape index (κ2) is 80.9. The van der Waals surface area contributed by atoms with Gasteiger partial charge in [0.05, 0.1) is 26.4 Å². The van der Waals surface area contributed by atoms with Crippen molar-refractivity contribution in [2.45, 2.75) is 316 Å². The lowest BCUT2D eigenvalue weighted by Gasteiger charge is -2.21. The van der Waals surface area contributed by atoms with E-state index in [1.54, 1.807) is 0 Å². The van der Waals surface area contributed by atoms with E-state index in [1.165, 1.54) is 64.2 Å². The molecule has 5 unspecified atom stereocenters. The summed E-state index contributed by atoms with van der Waals surface area (Å²) in [4.78, 5) is 73.2. The smallest absolute Gasteiger partial charge is 0.462 e. The zero-order valence-electron chi connectivity index (χ0n) is 68.1. The molecule has 622 valence electrons. The van der Waals surface area contributed by atoms with E-state index in [1.807, 2.05) is 30.4 Å². The van der Waals surface area contributed by atoms with Crippen LogP contribution in [0, 0.1) is 0 Å². The van der Waals surface area contributed by atoms with Gasteiger partial charge < -0.3 is 33.8 Å². The number of aliphatic hydroxyl groups excluding tert-OH is 1. The van der Waals surface area contributed by atoms with Crippen LogP contribution in [0.4, 0.5) is 0 Å². The fraction of sp³-hybridized carbons (Fsp3) is 0.604. The van der Waals surface area contributed by atoms with E-state index < -0.39 is 97.5 Å². The standard InChI is InChI=1S/C91H146O17P2/c1-5-9-13-17-21-25-29-33-37-40-42-45-49-52-56-60-64-68-72-76-89(94)102-82-87(108-91(96)78-74-70-66-62-58-54-50-46-43-41-38-34-30-26-22-18-14-10-6-2)84-106-110(99,100)104-80-85(92)79-103-109(97,98)105-83-86(107-90(95)77-73-69-65-61-57-53-47-36-32-28-24-20-16-12-8-4)81-101-88(93)75-71-67-63-59-55-51-48-44-39-35-31-27-23-19-15-11-7-3/h9-11,13-15,21-23,25-27,33-35,37-39,42-43,45-46,48,51-52,54,56,58-59,63-64,68,85-87,92H,5-8,12,16-20,24,28-32,36,40-41,44,47,49-50,53,55,57,60-62,65-67,69-84H2,1-4H3,(H,97,98)(H,99,100)/b13-9-,14-10-,15-11-,25-21-,26-22-,27-23-,37-33-,38-34-,39-35-,45-42-,46-43-,51-48-,56-52-,58-54-,63-59-,68-64-. The van der Waals surface area contributed by atoms with E-state index in [9.17, 15) is 43.2 Å². The summed E-state index contributed by atoms with van der Waals surface area (Å²) < 4.78 is 68.6. The summed E-state index contributed by atoms with van der Waals surface area (Å²) in [5.74, 6) is -2.39. The summed E-state index contributed by atoms with van der Waals surface area (Å²) in [6.45, 7) is 4.34. The van der Waals surface area contributed by atoms with Crippen molar-refractivity contribution in [3.63, 3.8) is 0 Å². The Morgan fingerprint density at radius 3 is 0.809 bits per heavy atom. The Hall–Kier alpha value is -6.10. The molecule has 0 bridgehead atoms. The van der Waals surface area contributed by atoms with Gasteiger partial charge in [-0.25, -0.2) is 9.13 Å². The number of carbonyl (C=O) groups excluding carboxylic acids is 4. The van der Waals surface area contributed by atoms with Crippen LogP contribution in [-0.4, -0.2) is 96.7 Å². The molecule has 110 heavy (non-hydrogen) atoms. The van der Waals surface area contributed by atoms with Crippen LogP contribution in [0.1, 0.15) is 297 Å². The summed E-state index contributed by atoms with van der Waals surface area (Å²) in [6, 6.07) is 0. The molecule has 17 nitrogen and oxygen atoms in total. The van der Waals surface area contributed by atoms with Crippen molar-refractivity contribution in [2.24, 2.45) is 0 Å². The van der Waals surface area contributed by atoms with Gasteiger partial charge in [0.1, 0.15) is 19.3 Å². The number of phosphoric acid groups is 2. The summed E-state index contributed by atoms with van der Waals surface area (Å²) in [6.07, 6.45) is 99.9. The lowest BCUT2D eigenvalue weighted by atomic mass is 10.0. The van der Waals surface area contributed by atoms with Gasteiger partial charge in [-0.1, -0.05) is 318 Å². The van der Waals surface area contributed by atoms with Crippen molar-refractivity contribution >= 4 is 39.5 Å². The molecule has 0 aromatic carbocycles. The van der Waals surface area contributed by atoms with Crippen LogP contribution in [0.2, 0.25) is 0 Å². The lowest BCUT2D eigenvalue weighted by Crippen LogP contribution is -2.30. The number of unbranched alkanes of at least 4 members (excludes halogenated alkanes) is 18. The predicted molar refractivity (Wildman–Crippen MR) is 454 cm³/mol. The van der Waals surface area contributed by atoms with Gasteiger partial charge in [-0.15, -0.1) is 0 Å². The third-order valence-electron chi connectivity index (χ3n) is 16.6. The first kappa shape index (κ1) is 104. The van der Waals surface area contributed by atoms with E-state index in [0.717, 1.165) is 141 Å². The Morgan fingerprint density at radius 2 is 0.500 bits per heavy atom. The monoisotopic (exact) mass is 1570 g/mol. The second-order valence-corrected chi connectivity index (χ2v) is 29.8. The molecule has 0 saturated heterocycles. The minimum atomic E-state index is -5.02. The molecule has 0 aromatic heterocycles. The minimum absolute atomic E-state index is 0.0198. The highest BCUT2D eigenvalue weighted by atomic mass is 31.2. The van der Waals surface area contributed by atoms with Gasteiger partial charge in [-0.3, -0.25) is 37.3 Å². The molecule has 0 aliphatic carbocycles. The Morgan fingerprint density at radius 1 is 0.264 bits per heavy atom. The van der Waals surface area contributed by atoms with E-state index in [0.29, 0.717) is 38.5 Å². The number of carbonyl (C=O) groups is 4. The van der Waals surface area contributed by atoms with Gasteiger partial charge in [-0.2, -0.15) is 0 Å². The summed E-state index contributed by atoms with van der Waals surface area (Å²) in [5.41, 5.74) is 0. The summed E-state index contributed by atoms with van der Waals surface area (Å²) in [5, 5.41) is 10.7. The average molecular weight is 1570 g/mol. The number of rotatable bonds is 76. The maximum absolute atomic E-state index is 13.1. The number of aliphatic hydroxyl groups is 1. The zero-order chi connectivity index (χ0) is 80.3. The van der Waals surface area contributed by atoms with Crippen LogP contribution in [0.5, 0.6) is 0 Å². The number of ether oxygens (including phenoxy) is 4. The van der Waals surface area contributed by atoms with Crippen LogP contribution in [-0.2, 0) is 65.4 Å². The topological polar surface area (TPSA) is 237 Å². The number of allylic oxidation sites excluding steroid dienone is 32. The molecule has 0 aromatic rings. The first-order chi connectivity index (χ1) is 53.7. The summed E-state index contributed by atoms with van der Waals surface area (Å²) >= 11 is 0. The average Bonchev–Trinajstić information content (AvgIpc) is 0.900. The molecule has 0 amide bonds. The lowest BCUT2D eigenvalue weighted by molar-refractivity contribution is -0.161. The Labute approximate surface area is 666 Å². The van der Waals surface area contributed by atoms with E-state index in [4.69, 9.17) is 37.0 Å². The SMILES string of the molecule is CC/C=C\C/C=C\C/C=C\C/C=C\C/C=C\C/C=C\CCC(=O)OCC(COP(=O)(O)OCC(O)COP(=O)(O)OCC(COC(=O)CCC/C=C\C/C=C\C/C=C\C/C=C\C/C=C\CC)OC(=O)CCCCCCCCCCCCCCCCC)OC(=O)CCCCC/C=C\C/C=C\C/C=C\C/C=C\C/C=C\CC. The molecule has 0 aliphatic heterocycles. The fourth-order valence-electron chi connectivity index (χ4n) is 10.4. The molecule has 0 aliphatic rings. The highest BCUT2D eigenvalue weighted by Crippen LogP contribution is 2.45. The van der Waals surface area contributed by atoms with Crippen molar-refractivity contribution in [3.8, 4) is 0 Å². The summed E-state index contributed by atoms with van der Waals surface area (Å²) in [7, 11) is -10.0. The third kappa shape index (κ3) is 80.0. The molecule has 0 radical (unpaired) electrons. The third-order valence-corrected chi connectivity index (χ3v) is 18.5. The van der Waals surface area contributed by atoms with Crippen molar-refractivity contribution < 1.29 is 80.2 Å². The van der Waals surface area contributed by atoms with Crippen LogP contribution in [0.15, 0.2) is 194 Å². The number of phosphoric ester groups is 2. The van der Waals surface area contributed by atoms with Gasteiger partial charge in [-0.05, 0) is 148 Å². The molecule has 0 fully saturated rings. The van der Waals surface area contributed by atoms with Gasteiger partial charge in [0, 0.05) is 25.7 Å². The zero-order valence-corrected chi connectivity index (χ0v) is 69.9. The largest absolute Gasteiger partial charge is 0.472 e. The van der Waals surface area contributed by atoms with E-state index >= 15 is 0 Å². The molecule has 0 heterocycles. The van der Waals surface area contributed by atoms with Crippen molar-refractivity contribution in [1.29, 1.82) is 0 Å². The quantitative estimate of drug-likeness (QED) is 0.0169. The number of hydrogen-bond donors (Lipinski definition) is 3. The van der Waals surface area contributed by atoms with Gasteiger partial charge >= 0.3 is 39.5 Å². The van der Waals surface area contributed by atoms with Gasteiger partial charge in [0.2, 0.25) is 0 Å². The first-order valence-corrected chi connectivity index (χ1v) is 44.7. The Kier molecular flexibility index (Phi) is 76.4. The van der Waals surface area contributed by atoms with Crippen molar-refractivity contribution in [1.82, 2.24) is 0 Å². The van der Waals surface area contributed by atoms with Crippen molar-refractivity contribution in [2.75, 3.05) is 39.6 Å². The van der Waals surface area contributed by atoms with E-state index in [-0.39, 0.29) is 25.7 Å². The fourth-order valence-corrected chi connectivity index (χ4v) is 11.9. The normalized spacial score (nSPS) is 14.8. The van der Waals surface area contributed by atoms with E-state index in [2.05, 4.69) is 192 Å². The minimum Gasteiger partial charge on any atom is -0.462 e. The molecule has 0 rings (SSSR count). The van der Waals surface area contributed by atoms with Crippen LogP contribution in [0.3, 0.4) is 0 Å². The van der Waals surface area contributed by atoms with Crippen LogP contribution < -0.4 is 0 Å². The molecular formula is C91H146O17P2. The number of hydrogen-bond acceptors (Lipinski definition) is 15. The van der Waals surface area contributed by atoms with Crippen LogP contribution in [0.25, 0.3) is 0 Å². The second-order valence-electron chi connectivity index (χ2n) is 26.9. The Balaban J connectivity index is 5.54. The van der Waals surface area contributed by atoms with Gasteiger partial charge in [0.15, 0.2) is 12.2 Å². The van der Waals surface area contributed by atoms with Gasteiger partial charge in [0.25, 0.3) is 0 Å². The maximum atomic E-state index is 13.1. The Bertz CT molecular complexity index is 2850. The first-order valence-electron chi connectivity index (χ1n) is 41.7. The molecule has 5 atom stereocenters. The number of esters is 4. The predicted octanol–water partition coefficient (Wildman–Crippen LogP) is 24.9.